The average Bonchev–Trinajstić information content (AvgIpc) is 3.16. The number of aliphatic imine (C=N–C) groups is 1. The second-order valence-electron chi connectivity index (χ2n) is 5.68. The van der Waals surface area contributed by atoms with E-state index in [0.29, 0.717) is 12.5 Å². The molecule has 1 unspecified atom stereocenters. The van der Waals surface area contributed by atoms with E-state index in [2.05, 4.69) is 26.7 Å². The molecule has 1 aromatic heterocycles. The summed E-state index contributed by atoms with van der Waals surface area (Å²) < 4.78 is 5.53. The van der Waals surface area contributed by atoms with Crippen LogP contribution in [0.4, 0.5) is 0 Å². The molecule has 3 N–H and O–H groups in total. The summed E-state index contributed by atoms with van der Waals surface area (Å²) in [6.45, 7) is 5.61. The highest BCUT2D eigenvalue weighted by Gasteiger charge is 2.17. The lowest BCUT2D eigenvalue weighted by molar-refractivity contribution is 0.117. The average molecular weight is 308 g/mol. The number of nitrogens with one attached hydrogen (secondary N) is 1. The summed E-state index contributed by atoms with van der Waals surface area (Å²) in [6.07, 6.45) is 3.69. The van der Waals surface area contributed by atoms with E-state index in [-0.39, 0.29) is 6.10 Å². The van der Waals surface area contributed by atoms with Crippen molar-refractivity contribution in [3.05, 3.63) is 21.9 Å². The maximum absolute atomic E-state index is 5.89. The number of hydrogen-bond acceptors (Lipinski definition) is 4. The van der Waals surface area contributed by atoms with Crippen LogP contribution in [0.15, 0.2) is 16.4 Å². The van der Waals surface area contributed by atoms with Crippen molar-refractivity contribution in [2.75, 3.05) is 32.8 Å². The fourth-order valence-corrected chi connectivity index (χ4v) is 3.77. The molecule has 0 aromatic carbocycles. The molecule has 1 fully saturated rings. The Labute approximate surface area is 130 Å². The van der Waals surface area contributed by atoms with Crippen molar-refractivity contribution < 1.29 is 4.74 Å². The van der Waals surface area contributed by atoms with Crippen LogP contribution in [-0.2, 0) is 17.7 Å². The van der Waals surface area contributed by atoms with Crippen molar-refractivity contribution in [3.8, 4) is 0 Å². The van der Waals surface area contributed by atoms with Gasteiger partial charge in [-0.15, -0.1) is 11.3 Å². The third kappa shape index (κ3) is 4.18. The van der Waals surface area contributed by atoms with Crippen molar-refractivity contribution in [1.82, 2.24) is 10.2 Å². The number of thiophene rings is 1. The van der Waals surface area contributed by atoms with Crippen LogP contribution in [0, 0.1) is 0 Å². The topological polar surface area (TPSA) is 62.9 Å². The number of hydrogen-bond donors (Lipinski definition) is 2. The highest BCUT2D eigenvalue weighted by atomic mass is 32.1. The molecule has 5 nitrogen and oxygen atoms in total. The normalized spacial score (nSPS) is 23.2. The van der Waals surface area contributed by atoms with E-state index in [9.17, 15) is 0 Å². The standard InChI is InChI=1S/C15H24N4OS/c16-15(18-10-13-2-1-8-20-13)17-5-7-19-6-3-14-12(11-19)4-9-21-14/h4,9,13H,1-3,5-8,10-11H2,(H3,16,17,18). The zero-order valence-electron chi connectivity index (χ0n) is 12.4. The lowest BCUT2D eigenvalue weighted by atomic mass is 10.1. The van der Waals surface area contributed by atoms with Gasteiger partial charge < -0.3 is 15.8 Å². The van der Waals surface area contributed by atoms with Crippen molar-refractivity contribution in [1.29, 1.82) is 0 Å². The summed E-state index contributed by atoms with van der Waals surface area (Å²) in [7, 11) is 0. The molecule has 21 heavy (non-hydrogen) atoms. The first kappa shape index (κ1) is 14.8. The number of ether oxygens (including phenoxy) is 1. The van der Waals surface area contributed by atoms with E-state index in [1.54, 1.807) is 4.88 Å². The Kier molecular flexibility index (Phi) is 5.11. The van der Waals surface area contributed by atoms with Gasteiger partial charge in [-0.2, -0.15) is 0 Å². The molecule has 3 rings (SSSR count). The van der Waals surface area contributed by atoms with Crippen LogP contribution in [0.1, 0.15) is 23.3 Å². The fourth-order valence-electron chi connectivity index (χ4n) is 2.88. The minimum atomic E-state index is 0.268. The van der Waals surface area contributed by atoms with Crippen LogP contribution in [-0.4, -0.2) is 49.7 Å². The highest BCUT2D eigenvalue weighted by molar-refractivity contribution is 7.10. The van der Waals surface area contributed by atoms with Crippen molar-refractivity contribution >= 4 is 17.3 Å². The molecule has 0 saturated carbocycles. The number of rotatable bonds is 5. The zero-order chi connectivity index (χ0) is 14.5. The number of guanidine groups is 1. The molecule has 0 aliphatic carbocycles. The maximum Gasteiger partial charge on any atom is 0.188 e. The van der Waals surface area contributed by atoms with Gasteiger partial charge in [0.05, 0.1) is 12.6 Å². The third-order valence-electron chi connectivity index (χ3n) is 4.11. The molecule has 0 spiro atoms. The van der Waals surface area contributed by atoms with Gasteiger partial charge in [0.15, 0.2) is 5.96 Å². The second kappa shape index (κ2) is 7.24. The zero-order valence-corrected chi connectivity index (χ0v) is 13.2. The van der Waals surface area contributed by atoms with Crippen LogP contribution in [0.2, 0.25) is 0 Å². The van der Waals surface area contributed by atoms with Crippen LogP contribution >= 0.6 is 11.3 Å². The Morgan fingerprint density at radius 3 is 3.38 bits per heavy atom. The molecule has 0 bridgehead atoms. The first-order valence-electron chi connectivity index (χ1n) is 7.74. The predicted octanol–water partition coefficient (Wildman–Crippen LogP) is 1.19. The molecular formula is C15H24N4OS. The van der Waals surface area contributed by atoms with Gasteiger partial charge >= 0.3 is 0 Å². The predicted molar refractivity (Wildman–Crippen MR) is 86.8 cm³/mol. The SMILES string of the molecule is NC(=NCC1CCCO1)NCCN1CCc2sccc2C1. The minimum absolute atomic E-state index is 0.268. The third-order valence-corrected chi connectivity index (χ3v) is 5.13. The van der Waals surface area contributed by atoms with E-state index in [4.69, 9.17) is 10.5 Å². The Hall–Kier alpha value is -1.11. The lowest BCUT2D eigenvalue weighted by Crippen LogP contribution is -2.40. The van der Waals surface area contributed by atoms with Gasteiger partial charge in [0.25, 0.3) is 0 Å². The van der Waals surface area contributed by atoms with Gasteiger partial charge in [0.1, 0.15) is 0 Å². The molecule has 116 valence electrons. The van der Waals surface area contributed by atoms with Crippen molar-refractivity contribution in [3.63, 3.8) is 0 Å². The van der Waals surface area contributed by atoms with Crippen LogP contribution in [0.3, 0.4) is 0 Å². The Morgan fingerprint density at radius 2 is 2.52 bits per heavy atom. The monoisotopic (exact) mass is 308 g/mol. The quantitative estimate of drug-likeness (QED) is 0.633. The lowest BCUT2D eigenvalue weighted by Gasteiger charge is -2.26. The van der Waals surface area contributed by atoms with Gasteiger partial charge in [-0.1, -0.05) is 0 Å². The smallest absolute Gasteiger partial charge is 0.188 e. The first-order valence-corrected chi connectivity index (χ1v) is 8.62. The van der Waals surface area contributed by atoms with Crippen LogP contribution in [0.5, 0.6) is 0 Å². The van der Waals surface area contributed by atoms with E-state index >= 15 is 0 Å². The molecule has 1 aromatic rings. The minimum Gasteiger partial charge on any atom is -0.376 e. The van der Waals surface area contributed by atoms with Crippen molar-refractivity contribution in [2.45, 2.75) is 31.9 Å². The second-order valence-corrected chi connectivity index (χ2v) is 6.68. The van der Waals surface area contributed by atoms with E-state index in [0.717, 1.165) is 45.6 Å². The summed E-state index contributed by atoms with van der Waals surface area (Å²) in [5.74, 6) is 0.540. The maximum atomic E-state index is 5.89. The molecule has 1 atom stereocenters. The van der Waals surface area contributed by atoms with Crippen LogP contribution < -0.4 is 11.1 Å². The molecule has 0 radical (unpaired) electrons. The molecule has 1 saturated heterocycles. The van der Waals surface area contributed by atoms with Gasteiger partial charge in [-0.05, 0) is 36.3 Å². The number of nitrogens with zero attached hydrogens (tertiary/aromatic N) is 2. The van der Waals surface area contributed by atoms with Crippen molar-refractivity contribution in [2.24, 2.45) is 10.7 Å². The number of fused-ring (bicyclic) bond motifs is 1. The summed E-state index contributed by atoms with van der Waals surface area (Å²) in [5, 5.41) is 5.40. The van der Waals surface area contributed by atoms with Gasteiger partial charge in [0.2, 0.25) is 0 Å². The summed E-state index contributed by atoms with van der Waals surface area (Å²) in [6, 6.07) is 2.25. The van der Waals surface area contributed by atoms with Gasteiger partial charge in [-0.25, -0.2) is 0 Å². The Bertz CT molecular complexity index is 482. The Balaban J connectivity index is 1.35. The molecule has 3 heterocycles. The Morgan fingerprint density at radius 1 is 1.57 bits per heavy atom. The van der Waals surface area contributed by atoms with E-state index in [1.807, 2.05) is 11.3 Å². The van der Waals surface area contributed by atoms with Crippen LogP contribution in [0.25, 0.3) is 0 Å². The molecule has 2 aliphatic rings. The summed E-state index contributed by atoms with van der Waals surface area (Å²) >= 11 is 1.88. The summed E-state index contributed by atoms with van der Waals surface area (Å²) in [5.41, 5.74) is 7.39. The first-order chi connectivity index (χ1) is 10.3. The van der Waals surface area contributed by atoms with Gasteiger partial charge in [0, 0.05) is 37.7 Å². The molecule has 6 heteroatoms. The highest BCUT2D eigenvalue weighted by Crippen LogP contribution is 2.23. The summed E-state index contributed by atoms with van der Waals surface area (Å²) in [4.78, 5) is 8.38. The molecule has 2 aliphatic heterocycles. The fraction of sp³-hybridized carbons (Fsp3) is 0.667. The van der Waals surface area contributed by atoms with E-state index in [1.165, 1.54) is 12.0 Å². The molecular weight excluding hydrogens is 284 g/mol. The number of nitrogens with two attached hydrogens (primary N) is 1. The van der Waals surface area contributed by atoms with Gasteiger partial charge in [-0.3, -0.25) is 9.89 Å². The van der Waals surface area contributed by atoms with E-state index < -0.39 is 0 Å². The molecule has 0 amide bonds. The largest absolute Gasteiger partial charge is 0.376 e.